The van der Waals surface area contributed by atoms with Gasteiger partial charge in [-0.05, 0) is 49.1 Å². The number of carbonyl (C=O) groups excluding carboxylic acids is 1. The number of benzene rings is 2. The monoisotopic (exact) mass is 331 g/mol. The van der Waals surface area contributed by atoms with Gasteiger partial charge in [0, 0.05) is 5.69 Å². The molecule has 0 aliphatic rings. The number of nitrogens with one attached hydrogen (secondary N) is 1. The van der Waals surface area contributed by atoms with Crippen molar-refractivity contribution in [2.45, 2.75) is 39.7 Å². The number of halogens is 1. The minimum absolute atomic E-state index is 0.198. The first-order valence-electron chi connectivity index (χ1n) is 7.71. The summed E-state index contributed by atoms with van der Waals surface area (Å²) in [7, 11) is 0. The molecule has 2 aromatic carbocycles. The summed E-state index contributed by atoms with van der Waals surface area (Å²) in [5.74, 6) is 0.649. The highest BCUT2D eigenvalue weighted by molar-refractivity contribution is 6.32. The van der Waals surface area contributed by atoms with Gasteiger partial charge in [0.05, 0.1) is 5.02 Å². The minimum Gasteiger partial charge on any atom is -0.479 e. The van der Waals surface area contributed by atoms with Gasteiger partial charge >= 0.3 is 0 Å². The average molecular weight is 332 g/mol. The van der Waals surface area contributed by atoms with Gasteiger partial charge in [0.25, 0.3) is 5.91 Å². The predicted molar refractivity (Wildman–Crippen MR) is 95.4 cm³/mol. The van der Waals surface area contributed by atoms with Gasteiger partial charge in [-0.1, -0.05) is 49.7 Å². The number of carbonyl (C=O) groups is 1. The van der Waals surface area contributed by atoms with Crippen molar-refractivity contribution in [1.29, 1.82) is 0 Å². The van der Waals surface area contributed by atoms with Gasteiger partial charge < -0.3 is 10.1 Å². The molecule has 0 aliphatic carbocycles. The van der Waals surface area contributed by atoms with E-state index in [-0.39, 0.29) is 5.91 Å². The zero-order valence-electron chi connectivity index (χ0n) is 13.9. The molecule has 0 radical (unpaired) electrons. The molecule has 122 valence electrons. The Bertz CT molecular complexity index is 698. The van der Waals surface area contributed by atoms with E-state index in [1.807, 2.05) is 43.3 Å². The highest BCUT2D eigenvalue weighted by atomic mass is 35.5. The van der Waals surface area contributed by atoms with Gasteiger partial charge in [-0.15, -0.1) is 0 Å². The Hall–Kier alpha value is -2.00. The fourth-order valence-corrected chi connectivity index (χ4v) is 2.46. The molecule has 1 atom stereocenters. The highest BCUT2D eigenvalue weighted by Crippen LogP contribution is 2.27. The maximum atomic E-state index is 12.4. The van der Waals surface area contributed by atoms with Crippen LogP contribution in [0.4, 0.5) is 5.69 Å². The summed E-state index contributed by atoms with van der Waals surface area (Å²) in [6.45, 7) is 7.85. The Kier molecular flexibility index (Phi) is 5.67. The zero-order chi connectivity index (χ0) is 17.0. The molecular weight excluding hydrogens is 310 g/mol. The Labute approximate surface area is 142 Å². The molecule has 1 N–H and O–H groups in total. The van der Waals surface area contributed by atoms with Crippen LogP contribution in [0.2, 0.25) is 5.02 Å². The maximum Gasteiger partial charge on any atom is 0.265 e. The number of amides is 1. The number of para-hydroxylation sites is 1. The van der Waals surface area contributed by atoms with E-state index >= 15 is 0 Å². The SMILES string of the molecule is Cc1ccc(Cl)c(OC(C)C(=O)Nc2ccccc2C(C)C)c1. The lowest BCUT2D eigenvalue weighted by atomic mass is 10.0. The molecule has 0 saturated heterocycles. The van der Waals surface area contributed by atoms with Crippen LogP contribution in [-0.4, -0.2) is 12.0 Å². The standard InChI is InChI=1S/C19H22ClNO2/c1-12(2)15-7-5-6-8-17(15)21-19(22)14(4)23-18-11-13(3)9-10-16(18)20/h5-12,14H,1-4H3,(H,21,22). The fraction of sp³-hybridized carbons (Fsp3) is 0.316. The third kappa shape index (κ3) is 4.49. The van der Waals surface area contributed by atoms with Crippen molar-refractivity contribution in [2.75, 3.05) is 5.32 Å². The van der Waals surface area contributed by atoms with Crippen molar-refractivity contribution in [3.05, 3.63) is 58.6 Å². The first-order valence-corrected chi connectivity index (χ1v) is 8.09. The minimum atomic E-state index is -0.644. The topological polar surface area (TPSA) is 38.3 Å². The molecular formula is C19H22ClNO2. The Morgan fingerprint density at radius 2 is 1.83 bits per heavy atom. The van der Waals surface area contributed by atoms with E-state index in [0.717, 1.165) is 16.8 Å². The molecule has 2 aromatic rings. The smallest absolute Gasteiger partial charge is 0.265 e. The molecule has 0 aliphatic heterocycles. The van der Waals surface area contributed by atoms with Gasteiger partial charge in [0.15, 0.2) is 6.10 Å². The third-order valence-corrected chi connectivity index (χ3v) is 3.91. The summed E-state index contributed by atoms with van der Waals surface area (Å²) >= 11 is 6.12. The number of anilines is 1. The molecule has 23 heavy (non-hydrogen) atoms. The van der Waals surface area contributed by atoms with Crippen molar-refractivity contribution in [3.63, 3.8) is 0 Å². The average Bonchev–Trinajstić information content (AvgIpc) is 2.51. The van der Waals surface area contributed by atoms with Crippen LogP contribution in [0.1, 0.15) is 37.8 Å². The van der Waals surface area contributed by atoms with E-state index in [9.17, 15) is 4.79 Å². The van der Waals surface area contributed by atoms with E-state index in [0.29, 0.717) is 16.7 Å². The molecule has 1 unspecified atom stereocenters. The maximum absolute atomic E-state index is 12.4. The normalized spacial score (nSPS) is 12.1. The molecule has 0 saturated carbocycles. The second-order valence-corrected chi connectivity index (χ2v) is 6.33. The lowest BCUT2D eigenvalue weighted by Gasteiger charge is -2.18. The quantitative estimate of drug-likeness (QED) is 0.820. The summed E-state index contributed by atoms with van der Waals surface area (Å²) < 4.78 is 5.72. The number of ether oxygens (including phenoxy) is 1. The molecule has 0 fully saturated rings. The molecule has 1 amide bonds. The second-order valence-electron chi connectivity index (χ2n) is 5.93. The van der Waals surface area contributed by atoms with Gasteiger partial charge in [-0.2, -0.15) is 0 Å². The van der Waals surface area contributed by atoms with Crippen molar-refractivity contribution in [3.8, 4) is 5.75 Å². The Morgan fingerprint density at radius 3 is 2.52 bits per heavy atom. The Balaban J connectivity index is 2.10. The number of aryl methyl sites for hydroxylation is 1. The lowest BCUT2D eigenvalue weighted by Crippen LogP contribution is -2.30. The van der Waals surface area contributed by atoms with Crippen LogP contribution < -0.4 is 10.1 Å². The van der Waals surface area contributed by atoms with Gasteiger partial charge in [-0.3, -0.25) is 4.79 Å². The third-order valence-electron chi connectivity index (χ3n) is 3.60. The van der Waals surface area contributed by atoms with E-state index in [1.165, 1.54) is 0 Å². The van der Waals surface area contributed by atoms with Crippen LogP contribution >= 0.6 is 11.6 Å². The summed E-state index contributed by atoms with van der Waals surface area (Å²) in [6, 6.07) is 13.3. The molecule has 2 rings (SSSR count). The van der Waals surface area contributed by atoms with Crippen molar-refractivity contribution in [2.24, 2.45) is 0 Å². The summed E-state index contributed by atoms with van der Waals surface area (Å²) in [5.41, 5.74) is 2.95. The highest BCUT2D eigenvalue weighted by Gasteiger charge is 2.18. The van der Waals surface area contributed by atoms with Crippen molar-refractivity contribution < 1.29 is 9.53 Å². The zero-order valence-corrected chi connectivity index (χ0v) is 14.6. The van der Waals surface area contributed by atoms with Crippen LogP contribution in [0.15, 0.2) is 42.5 Å². The predicted octanol–water partition coefficient (Wildman–Crippen LogP) is 5.18. The summed E-state index contributed by atoms with van der Waals surface area (Å²) in [4.78, 5) is 12.4. The number of hydrogen-bond acceptors (Lipinski definition) is 2. The van der Waals surface area contributed by atoms with Gasteiger partial charge in [0.1, 0.15) is 5.75 Å². The van der Waals surface area contributed by atoms with Crippen LogP contribution in [-0.2, 0) is 4.79 Å². The van der Waals surface area contributed by atoms with Gasteiger partial charge in [-0.25, -0.2) is 0 Å². The van der Waals surface area contributed by atoms with Crippen LogP contribution in [0.5, 0.6) is 5.75 Å². The molecule has 0 bridgehead atoms. The van der Waals surface area contributed by atoms with Gasteiger partial charge in [0.2, 0.25) is 0 Å². The van der Waals surface area contributed by atoms with Crippen molar-refractivity contribution in [1.82, 2.24) is 0 Å². The largest absolute Gasteiger partial charge is 0.479 e. The van der Waals surface area contributed by atoms with E-state index < -0.39 is 6.10 Å². The molecule has 3 nitrogen and oxygen atoms in total. The fourth-order valence-electron chi connectivity index (χ4n) is 2.29. The van der Waals surface area contributed by atoms with Crippen LogP contribution in [0, 0.1) is 6.92 Å². The first kappa shape index (κ1) is 17.4. The first-order chi connectivity index (χ1) is 10.9. The van der Waals surface area contributed by atoms with Crippen LogP contribution in [0.25, 0.3) is 0 Å². The molecule has 0 heterocycles. The molecule has 0 spiro atoms. The number of hydrogen-bond donors (Lipinski definition) is 1. The molecule has 4 heteroatoms. The van der Waals surface area contributed by atoms with Crippen LogP contribution in [0.3, 0.4) is 0 Å². The van der Waals surface area contributed by atoms with E-state index in [1.54, 1.807) is 13.0 Å². The Morgan fingerprint density at radius 1 is 1.13 bits per heavy atom. The van der Waals surface area contributed by atoms with E-state index in [2.05, 4.69) is 19.2 Å². The second kappa shape index (κ2) is 7.51. The number of rotatable bonds is 5. The molecule has 0 aromatic heterocycles. The lowest BCUT2D eigenvalue weighted by molar-refractivity contribution is -0.122. The summed E-state index contributed by atoms with van der Waals surface area (Å²) in [5, 5.41) is 3.44. The summed E-state index contributed by atoms with van der Waals surface area (Å²) in [6.07, 6.45) is -0.644. The van der Waals surface area contributed by atoms with Crippen molar-refractivity contribution >= 4 is 23.2 Å². The van der Waals surface area contributed by atoms with E-state index in [4.69, 9.17) is 16.3 Å².